The van der Waals surface area contributed by atoms with Crippen LogP contribution in [0.5, 0.6) is 17.2 Å². The number of phenolic OH excluding ortho intramolecular Hbond substituents is 3. The monoisotopic (exact) mass is 400 g/mol. The molecule has 0 aliphatic rings. The molecule has 5 heteroatoms. The predicted octanol–water partition coefficient (Wildman–Crippen LogP) is 6.03. The summed E-state index contributed by atoms with van der Waals surface area (Å²) in [5, 5.41) is 27.9. The van der Waals surface area contributed by atoms with E-state index < -0.39 is 0 Å². The number of hydrogen-bond acceptors (Lipinski definition) is 3. The highest BCUT2D eigenvalue weighted by Crippen LogP contribution is 2.30. The van der Waals surface area contributed by atoms with Gasteiger partial charge in [-0.05, 0) is 52.5 Å². The molecule has 3 N–H and O–H groups in total. The molecule has 0 aliphatic carbocycles. The lowest BCUT2D eigenvalue weighted by Gasteiger charge is -2.04. The fraction of sp³-hybridized carbons (Fsp3) is 0.333. The van der Waals surface area contributed by atoms with Gasteiger partial charge in [-0.3, -0.25) is 0 Å². The van der Waals surface area contributed by atoms with Gasteiger partial charge in [0.2, 0.25) is 0 Å². The number of rotatable bonds is 5. The maximum atomic E-state index is 9.49. The van der Waals surface area contributed by atoms with Gasteiger partial charge in [0.25, 0.3) is 0 Å². The maximum absolute atomic E-state index is 9.49. The Morgan fingerprint density at radius 3 is 2.26 bits per heavy atom. The van der Waals surface area contributed by atoms with Gasteiger partial charge in [-0.2, -0.15) is 0 Å². The van der Waals surface area contributed by atoms with Gasteiger partial charge in [0.1, 0.15) is 17.2 Å². The van der Waals surface area contributed by atoms with Gasteiger partial charge >= 0.3 is 0 Å². The molecule has 0 amide bonds. The van der Waals surface area contributed by atoms with Crippen LogP contribution in [-0.2, 0) is 6.42 Å². The van der Waals surface area contributed by atoms with Crippen molar-refractivity contribution in [1.82, 2.24) is 0 Å². The summed E-state index contributed by atoms with van der Waals surface area (Å²) in [4.78, 5) is 0. The molecule has 0 radical (unpaired) electrons. The van der Waals surface area contributed by atoms with E-state index in [4.69, 9.17) is 21.8 Å². The molecular weight excluding hydrogens is 380 g/mol. The van der Waals surface area contributed by atoms with E-state index in [1.807, 2.05) is 0 Å². The number of benzene rings is 2. The van der Waals surface area contributed by atoms with Crippen molar-refractivity contribution in [2.75, 3.05) is 0 Å². The molecule has 0 saturated carbocycles. The lowest BCUT2D eigenvalue weighted by Crippen LogP contribution is -1.86. The van der Waals surface area contributed by atoms with Crippen LogP contribution in [0.4, 0.5) is 0 Å². The van der Waals surface area contributed by atoms with Crippen LogP contribution in [0, 0.1) is 0 Å². The molecular formula is C18H22BrClO3. The molecule has 0 saturated heterocycles. The Hall–Kier alpha value is -1.39. The molecule has 0 heterocycles. The topological polar surface area (TPSA) is 60.7 Å². The van der Waals surface area contributed by atoms with E-state index in [0.717, 1.165) is 18.4 Å². The molecule has 0 unspecified atom stereocenters. The Morgan fingerprint density at radius 2 is 1.70 bits per heavy atom. The molecule has 2 rings (SSSR count). The van der Waals surface area contributed by atoms with Crippen molar-refractivity contribution in [3.63, 3.8) is 0 Å². The molecule has 3 nitrogen and oxygen atoms in total. The molecule has 126 valence electrons. The van der Waals surface area contributed by atoms with E-state index in [2.05, 4.69) is 22.9 Å². The molecule has 0 atom stereocenters. The van der Waals surface area contributed by atoms with Crippen molar-refractivity contribution >= 4 is 27.5 Å². The standard InChI is InChI=1S/C12H18O2.C6H4BrClO/c1-2-3-4-5-6-10-7-8-11(13)9-12(10)14;7-4-2-1-3-5(9)6(4)8/h7-9,13-14H,2-6H2,1H3;1-3,9H. The summed E-state index contributed by atoms with van der Waals surface area (Å²) >= 11 is 8.73. The zero-order valence-corrected chi connectivity index (χ0v) is 15.4. The molecule has 0 fully saturated rings. The zero-order chi connectivity index (χ0) is 17.2. The summed E-state index contributed by atoms with van der Waals surface area (Å²) < 4.78 is 0.712. The van der Waals surface area contributed by atoms with E-state index >= 15 is 0 Å². The zero-order valence-electron chi connectivity index (χ0n) is 13.1. The number of phenols is 3. The molecule has 0 aromatic heterocycles. The third-order valence-electron chi connectivity index (χ3n) is 3.30. The van der Waals surface area contributed by atoms with Crippen LogP contribution in [0.25, 0.3) is 0 Å². The third-order valence-corrected chi connectivity index (χ3v) is 4.59. The third kappa shape index (κ3) is 7.14. The smallest absolute Gasteiger partial charge is 0.135 e. The van der Waals surface area contributed by atoms with E-state index in [9.17, 15) is 5.11 Å². The summed E-state index contributed by atoms with van der Waals surface area (Å²) in [6.07, 6.45) is 5.68. The van der Waals surface area contributed by atoms with E-state index in [0.29, 0.717) is 9.50 Å². The maximum Gasteiger partial charge on any atom is 0.135 e. The first-order valence-electron chi connectivity index (χ1n) is 7.59. The minimum absolute atomic E-state index is 0.103. The summed E-state index contributed by atoms with van der Waals surface area (Å²) in [5.74, 6) is 0.437. The summed E-state index contributed by atoms with van der Waals surface area (Å²) in [7, 11) is 0. The molecule has 2 aromatic rings. The van der Waals surface area contributed by atoms with E-state index in [1.54, 1.807) is 24.3 Å². The van der Waals surface area contributed by atoms with Crippen LogP contribution in [0.2, 0.25) is 5.02 Å². The minimum atomic E-state index is 0.103. The summed E-state index contributed by atoms with van der Waals surface area (Å²) in [5.41, 5.74) is 0.930. The van der Waals surface area contributed by atoms with Crippen molar-refractivity contribution in [2.45, 2.75) is 39.0 Å². The fourth-order valence-electron chi connectivity index (χ4n) is 2.00. The summed E-state index contributed by atoms with van der Waals surface area (Å²) in [6.45, 7) is 2.18. The Balaban J connectivity index is 0.000000253. The number of halogens is 2. The molecule has 0 spiro atoms. The second-order valence-electron chi connectivity index (χ2n) is 5.20. The van der Waals surface area contributed by atoms with Gasteiger partial charge in [0.05, 0.1) is 5.02 Å². The van der Waals surface area contributed by atoms with Crippen LogP contribution in [0.1, 0.15) is 38.2 Å². The number of aromatic hydroxyl groups is 3. The Labute approximate surface area is 150 Å². The minimum Gasteiger partial charge on any atom is -0.508 e. The lowest BCUT2D eigenvalue weighted by atomic mass is 10.1. The van der Waals surface area contributed by atoms with Gasteiger partial charge in [-0.15, -0.1) is 0 Å². The molecule has 0 aliphatic heterocycles. The van der Waals surface area contributed by atoms with Gasteiger partial charge < -0.3 is 15.3 Å². The molecule has 2 aromatic carbocycles. The van der Waals surface area contributed by atoms with Crippen molar-refractivity contribution < 1.29 is 15.3 Å². The first-order chi connectivity index (χ1) is 11.0. The largest absolute Gasteiger partial charge is 0.508 e. The SMILES string of the molecule is CCCCCCc1ccc(O)cc1O.Oc1cccc(Br)c1Cl. The Kier molecular flexibility index (Phi) is 8.89. The van der Waals surface area contributed by atoms with E-state index in [1.165, 1.54) is 31.4 Å². The second-order valence-corrected chi connectivity index (χ2v) is 6.43. The normalized spacial score (nSPS) is 10.0. The van der Waals surface area contributed by atoms with E-state index in [-0.39, 0.29) is 17.2 Å². The number of aryl methyl sites for hydroxylation is 1. The fourth-order valence-corrected chi connectivity index (χ4v) is 2.48. The van der Waals surface area contributed by atoms with Gasteiger partial charge in [0.15, 0.2) is 0 Å². The molecule has 23 heavy (non-hydrogen) atoms. The van der Waals surface area contributed by atoms with Gasteiger partial charge in [0, 0.05) is 10.5 Å². The van der Waals surface area contributed by atoms with Crippen LogP contribution in [0.3, 0.4) is 0 Å². The molecule has 0 bridgehead atoms. The van der Waals surface area contributed by atoms with Crippen LogP contribution < -0.4 is 0 Å². The number of unbranched alkanes of at least 4 members (excludes halogenated alkanes) is 3. The van der Waals surface area contributed by atoms with Crippen molar-refractivity contribution in [1.29, 1.82) is 0 Å². The van der Waals surface area contributed by atoms with Crippen LogP contribution >= 0.6 is 27.5 Å². The van der Waals surface area contributed by atoms with Crippen molar-refractivity contribution in [2.24, 2.45) is 0 Å². The van der Waals surface area contributed by atoms with Crippen LogP contribution in [0.15, 0.2) is 40.9 Å². The quantitative estimate of drug-likeness (QED) is 0.536. The van der Waals surface area contributed by atoms with Crippen molar-refractivity contribution in [3.8, 4) is 17.2 Å². The summed E-state index contributed by atoms with van der Waals surface area (Å²) in [6, 6.07) is 9.82. The van der Waals surface area contributed by atoms with Crippen molar-refractivity contribution in [3.05, 3.63) is 51.5 Å². The number of hydrogen-bond donors (Lipinski definition) is 3. The first-order valence-corrected chi connectivity index (χ1v) is 8.76. The Morgan fingerprint density at radius 1 is 0.957 bits per heavy atom. The average molecular weight is 402 g/mol. The highest BCUT2D eigenvalue weighted by Gasteiger charge is 2.01. The second kappa shape index (κ2) is 10.4. The lowest BCUT2D eigenvalue weighted by molar-refractivity contribution is 0.445. The highest BCUT2D eigenvalue weighted by molar-refractivity contribution is 9.10. The predicted molar refractivity (Wildman–Crippen MR) is 98.4 cm³/mol. The van der Waals surface area contributed by atoms with Crippen LogP contribution in [-0.4, -0.2) is 15.3 Å². The average Bonchev–Trinajstić information content (AvgIpc) is 2.51. The highest BCUT2D eigenvalue weighted by atomic mass is 79.9. The Bertz CT molecular complexity index is 597. The first kappa shape index (κ1) is 19.7. The van der Waals surface area contributed by atoms with Gasteiger partial charge in [-0.1, -0.05) is 49.9 Å². The van der Waals surface area contributed by atoms with Gasteiger partial charge in [-0.25, -0.2) is 0 Å².